The van der Waals surface area contributed by atoms with Crippen molar-refractivity contribution in [1.29, 1.82) is 0 Å². The van der Waals surface area contributed by atoms with Gasteiger partial charge >= 0.3 is 0 Å². The third-order valence-corrected chi connectivity index (χ3v) is 4.59. The number of aromatic nitrogens is 1. The molecule has 1 aromatic heterocycles. The predicted molar refractivity (Wildman–Crippen MR) is 75.2 cm³/mol. The maximum Gasteiger partial charge on any atom is 0.123 e. The summed E-state index contributed by atoms with van der Waals surface area (Å²) in [7, 11) is 0. The van der Waals surface area contributed by atoms with Gasteiger partial charge in [-0.25, -0.2) is 4.98 Å². The third-order valence-electron chi connectivity index (χ3n) is 3.19. The van der Waals surface area contributed by atoms with Gasteiger partial charge in [-0.15, -0.1) is 11.3 Å². The zero-order valence-corrected chi connectivity index (χ0v) is 11.7. The van der Waals surface area contributed by atoms with Crippen molar-refractivity contribution < 1.29 is 0 Å². The van der Waals surface area contributed by atoms with Gasteiger partial charge < -0.3 is 5.73 Å². The molecule has 0 atom stereocenters. The molecule has 0 spiro atoms. The van der Waals surface area contributed by atoms with Crippen molar-refractivity contribution in [1.82, 2.24) is 4.98 Å². The van der Waals surface area contributed by atoms with Gasteiger partial charge in [0, 0.05) is 27.4 Å². The Morgan fingerprint density at radius 3 is 2.88 bits per heavy atom. The van der Waals surface area contributed by atoms with E-state index >= 15 is 0 Å². The Labute approximate surface area is 113 Å². The molecular formula is C13H13BrN2S. The Morgan fingerprint density at radius 2 is 2.18 bits per heavy atom. The minimum absolute atomic E-state index is 0.385. The van der Waals surface area contributed by atoms with Crippen LogP contribution in [0.4, 0.5) is 0 Å². The number of thiazole rings is 1. The van der Waals surface area contributed by atoms with Gasteiger partial charge in [-0.3, -0.25) is 0 Å². The van der Waals surface area contributed by atoms with E-state index in [9.17, 15) is 0 Å². The summed E-state index contributed by atoms with van der Waals surface area (Å²) in [5.41, 5.74) is 8.21. The first-order chi connectivity index (χ1) is 8.22. The van der Waals surface area contributed by atoms with Crippen LogP contribution >= 0.6 is 27.3 Å². The van der Waals surface area contributed by atoms with E-state index in [0.717, 1.165) is 22.3 Å². The summed E-state index contributed by atoms with van der Waals surface area (Å²) < 4.78 is 1.09. The predicted octanol–water partition coefficient (Wildman–Crippen LogP) is 3.78. The van der Waals surface area contributed by atoms with E-state index in [1.165, 1.54) is 11.3 Å². The molecule has 1 heterocycles. The molecule has 2 aromatic rings. The van der Waals surface area contributed by atoms with Gasteiger partial charge in [0.05, 0.1) is 5.69 Å². The summed E-state index contributed by atoms with van der Waals surface area (Å²) in [5.74, 6) is 0.585. The minimum atomic E-state index is 0.385. The summed E-state index contributed by atoms with van der Waals surface area (Å²) in [4.78, 5) is 4.72. The standard InChI is InChI=1S/C13H13BrN2S/c14-10-3-1-2-8(4-10)13-16-12(7-17-13)9-5-11(15)6-9/h1-4,7,9,11H,5-6,15H2. The van der Waals surface area contributed by atoms with E-state index in [-0.39, 0.29) is 0 Å². The zero-order valence-electron chi connectivity index (χ0n) is 9.27. The topological polar surface area (TPSA) is 38.9 Å². The van der Waals surface area contributed by atoms with E-state index in [4.69, 9.17) is 10.7 Å². The van der Waals surface area contributed by atoms with E-state index in [2.05, 4.69) is 33.4 Å². The lowest BCUT2D eigenvalue weighted by Gasteiger charge is -2.30. The third kappa shape index (κ3) is 2.30. The quantitative estimate of drug-likeness (QED) is 0.917. The highest BCUT2D eigenvalue weighted by Gasteiger charge is 2.29. The minimum Gasteiger partial charge on any atom is -0.328 e. The van der Waals surface area contributed by atoms with Crippen LogP contribution in [-0.2, 0) is 0 Å². The molecule has 0 aliphatic heterocycles. The van der Waals surface area contributed by atoms with E-state index in [0.29, 0.717) is 12.0 Å². The highest BCUT2D eigenvalue weighted by Crippen LogP contribution is 2.37. The van der Waals surface area contributed by atoms with Crippen molar-refractivity contribution in [3.8, 4) is 10.6 Å². The molecule has 1 saturated carbocycles. The van der Waals surface area contributed by atoms with Crippen molar-refractivity contribution in [2.24, 2.45) is 5.73 Å². The van der Waals surface area contributed by atoms with Crippen molar-refractivity contribution >= 4 is 27.3 Å². The number of hydrogen-bond donors (Lipinski definition) is 1. The monoisotopic (exact) mass is 308 g/mol. The molecule has 0 unspecified atom stereocenters. The summed E-state index contributed by atoms with van der Waals surface area (Å²) >= 11 is 5.21. The number of nitrogens with two attached hydrogens (primary N) is 1. The van der Waals surface area contributed by atoms with Crippen LogP contribution in [-0.4, -0.2) is 11.0 Å². The fourth-order valence-electron chi connectivity index (χ4n) is 2.13. The molecular weight excluding hydrogens is 296 g/mol. The van der Waals surface area contributed by atoms with Crippen LogP contribution in [0.5, 0.6) is 0 Å². The largest absolute Gasteiger partial charge is 0.328 e. The molecule has 1 aromatic carbocycles. The summed E-state index contributed by atoms with van der Waals surface area (Å²) in [6.45, 7) is 0. The first-order valence-corrected chi connectivity index (χ1v) is 7.36. The van der Waals surface area contributed by atoms with Crippen LogP contribution in [0.3, 0.4) is 0 Å². The molecule has 4 heteroatoms. The van der Waals surface area contributed by atoms with Crippen LogP contribution in [0.2, 0.25) is 0 Å². The van der Waals surface area contributed by atoms with Crippen molar-refractivity contribution in [3.05, 3.63) is 39.8 Å². The molecule has 1 fully saturated rings. The van der Waals surface area contributed by atoms with Crippen LogP contribution < -0.4 is 5.73 Å². The van der Waals surface area contributed by atoms with Gasteiger partial charge in [0.15, 0.2) is 0 Å². The second-order valence-corrected chi connectivity index (χ2v) is 6.29. The molecule has 2 N–H and O–H groups in total. The highest BCUT2D eigenvalue weighted by molar-refractivity contribution is 9.10. The second kappa shape index (κ2) is 4.52. The first-order valence-electron chi connectivity index (χ1n) is 5.69. The molecule has 1 aliphatic carbocycles. The average molecular weight is 309 g/mol. The maximum atomic E-state index is 5.81. The van der Waals surface area contributed by atoms with Crippen LogP contribution in [0.15, 0.2) is 34.1 Å². The second-order valence-electron chi connectivity index (χ2n) is 4.52. The first kappa shape index (κ1) is 11.4. The summed E-state index contributed by atoms with van der Waals surface area (Å²) in [6, 6.07) is 8.66. The highest BCUT2D eigenvalue weighted by atomic mass is 79.9. The van der Waals surface area contributed by atoms with Gasteiger partial charge in [0.1, 0.15) is 5.01 Å². The number of rotatable bonds is 2. The fourth-order valence-corrected chi connectivity index (χ4v) is 3.43. The van der Waals surface area contributed by atoms with Crippen LogP contribution in [0.25, 0.3) is 10.6 Å². The van der Waals surface area contributed by atoms with Gasteiger partial charge in [0.2, 0.25) is 0 Å². The Morgan fingerprint density at radius 1 is 1.35 bits per heavy atom. The van der Waals surface area contributed by atoms with E-state index < -0.39 is 0 Å². The van der Waals surface area contributed by atoms with Gasteiger partial charge in [-0.2, -0.15) is 0 Å². The zero-order chi connectivity index (χ0) is 11.8. The number of halogens is 1. The normalized spacial score (nSPS) is 23.4. The van der Waals surface area contributed by atoms with Crippen molar-refractivity contribution in [2.45, 2.75) is 24.8 Å². The van der Waals surface area contributed by atoms with Crippen LogP contribution in [0, 0.1) is 0 Å². The Bertz CT molecular complexity index is 532. The molecule has 3 rings (SSSR count). The number of benzene rings is 1. The van der Waals surface area contributed by atoms with Crippen molar-refractivity contribution in [2.75, 3.05) is 0 Å². The molecule has 0 saturated heterocycles. The SMILES string of the molecule is NC1CC(c2csc(-c3cccc(Br)c3)n2)C1. The van der Waals surface area contributed by atoms with Gasteiger partial charge in [-0.1, -0.05) is 28.1 Å². The Kier molecular flexibility index (Phi) is 3.03. The lowest BCUT2D eigenvalue weighted by atomic mass is 9.79. The maximum absolute atomic E-state index is 5.81. The van der Waals surface area contributed by atoms with Gasteiger partial charge in [0.25, 0.3) is 0 Å². The molecule has 2 nitrogen and oxygen atoms in total. The van der Waals surface area contributed by atoms with E-state index in [1.54, 1.807) is 11.3 Å². The van der Waals surface area contributed by atoms with Crippen LogP contribution in [0.1, 0.15) is 24.5 Å². The molecule has 17 heavy (non-hydrogen) atoms. The molecule has 88 valence electrons. The summed E-state index contributed by atoms with van der Waals surface area (Å²) in [5, 5.41) is 3.27. The number of nitrogens with zero attached hydrogens (tertiary/aromatic N) is 1. The molecule has 1 aliphatic rings. The average Bonchev–Trinajstić information content (AvgIpc) is 2.74. The molecule has 0 radical (unpaired) electrons. The van der Waals surface area contributed by atoms with E-state index in [1.807, 2.05) is 12.1 Å². The molecule has 0 amide bonds. The smallest absolute Gasteiger partial charge is 0.123 e. The lowest BCUT2D eigenvalue weighted by molar-refractivity contribution is 0.346. The Hall–Kier alpha value is -0.710. The van der Waals surface area contributed by atoms with Crippen molar-refractivity contribution in [3.63, 3.8) is 0 Å². The summed E-state index contributed by atoms with van der Waals surface area (Å²) in [6.07, 6.45) is 2.17. The van der Waals surface area contributed by atoms with Gasteiger partial charge in [-0.05, 0) is 25.0 Å². The fraction of sp³-hybridized carbons (Fsp3) is 0.308. The molecule has 0 bridgehead atoms. The Balaban J connectivity index is 1.85. The lowest BCUT2D eigenvalue weighted by Crippen LogP contribution is -2.34. The number of hydrogen-bond acceptors (Lipinski definition) is 3.